The Morgan fingerprint density at radius 1 is 0.381 bits per heavy atom. The molecule has 2 aromatic heterocycles. The van der Waals surface area contributed by atoms with Crippen molar-refractivity contribution in [3.8, 4) is 28.3 Å². The molecular formula is C59H36N2O2. The van der Waals surface area contributed by atoms with Crippen LogP contribution in [0.5, 0.6) is 11.5 Å². The molecule has 10 aromatic carbocycles. The van der Waals surface area contributed by atoms with Gasteiger partial charge < -0.3 is 18.6 Å². The van der Waals surface area contributed by atoms with Crippen LogP contribution in [-0.4, -0.2) is 4.57 Å². The molecule has 63 heavy (non-hydrogen) atoms. The molecule has 14 rings (SSSR count). The minimum Gasteiger partial charge on any atom is -0.457 e. The Labute approximate surface area is 363 Å². The van der Waals surface area contributed by atoms with Gasteiger partial charge in [-0.05, 0) is 100 Å². The summed E-state index contributed by atoms with van der Waals surface area (Å²) in [4.78, 5) is 2.43. The minimum atomic E-state index is -0.622. The highest BCUT2D eigenvalue weighted by molar-refractivity contribution is 6.14. The third-order valence-electron chi connectivity index (χ3n) is 13.6. The SMILES string of the molecule is c1ccc(-n2c3ccccc3c3cc(N(c4ccc5c(c4)oc4ccccc45)c4ccc5c6c(cccc46)C4(c6ccccc6Oc6ccccc64)c4ccccc4-5)ccc32)cc1. The molecule has 1 spiro atoms. The molecule has 0 bridgehead atoms. The lowest BCUT2D eigenvalue weighted by atomic mass is 9.58. The van der Waals surface area contributed by atoms with Gasteiger partial charge in [0.25, 0.3) is 0 Å². The molecule has 294 valence electrons. The van der Waals surface area contributed by atoms with Gasteiger partial charge in [0.2, 0.25) is 0 Å². The normalized spacial score (nSPS) is 13.3. The zero-order chi connectivity index (χ0) is 41.2. The van der Waals surface area contributed by atoms with E-state index >= 15 is 0 Å². The average molecular weight is 805 g/mol. The number of rotatable bonds is 4. The Balaban J connectivity index is 1.08. The third kappa shape index (κ3) is 4.64. The van der Waals surface area contributed by atoms with Gasteiger partial charge in [0, 0.05) is 61.2 Å². The summed E-state index contributed by atoms with van der Waals surface area (Å²) < 4.78 is 15.7. The largest absolute Gasteiger partial charge is 0.457 e. The Morgan fingerprint density at radius 3 is 1.84 bits per heavy atom. The van der Waals surface area contributed by atoms with Crippen molar-refractivity contribution in [2.24, 2.45) is 0 Å². The molecule has 1 aliphatic carbocycles. The van der Waals surface area contributed by atoms with Crippen LogP contribution < -0.4 is 9.64 Å². The summed E-state index contributed by atoms with van der Waals surface area (Å²) in [5.74, 6) is 1.76. The first-order valence-corrected chi connectivity index (χ1v) is 21.6. The highest BCUT2D eigenvalue weighted by Gasteiger charge is 2.49. The molecule has 0 unspecified atom stereocenters. The van der Waals surface area contributed by atoms with Gasteiger partial charge in [-0.3, -0.25) is 0 Å². The summed E-state index contributed by atoms with van der Waals surface area (Å²) in [7, 11) is 0. The quantitative estimate of drug-likeness (QED) is 0.178. The number of hydrogen-bond acceptors (Lipinski definition) is 3. The van der Waals surface area contributed by atoms with Crippen LogP contribution in [0.3, 0.4) is 0 Å². The number of benzene rings is 10. The van der Waals surface area contributed by atoms with Crippen LogP contribution in [0.4, 0.5) is 17.1 Å². The third-order valence-corrected chi connectivity index (χ3v) is 13.6. The molecule has 4 heteroatoms. The molecule has 2 aliphatic rings. The monoisotopic (exact) mass is 804 g/mol. The first-order valence-electron chi connectivity index (χ1n) is 21.6. The van der Waals surface area contributed by atoms with E-state index in [1.807, 2.05) is 6.07 Å². The minimum absolute atomic E-state index is 0.622. The predicted octanol–water partition coefficient (Wildman–Crippen LogP) is 15.8. The number of fused-ring (bicyclic) bond motifs is 14. The topological polar surface area (TPSA) is 30.5 Å². The predicted molar refractivity (Wildman–Crippen MR) is 258 cm³/mol. The summed E-state index contributed by atoms with van der Waals surface area (Å²) in [6.45, 7) is 0. The molecule has 3 heterocycles. The maximum Gasteiger partial charge on any atom is 0.137 e. The van der Waals surface area contributed by atoms with Crippen LogP contribution in [-0.2, 0) is 5.41 Å². The van der Waals surface area contributed by atoms with E-state index in [-0.39, 0.29) is 0 Å². The maximum atomic E-state index is 6.72. The van der Waals surface area contributed by atoms with Gasteiger partial charge >= 0.3 is 0 Å². The number of nitrogens with zero attached hydrogens (tertiary/aromatic N) is 2. The fraction of sp³-hybridized carbons (Fsp3) is 0.0169. The molecule has 0 atom stereocenters. The summed E-state index contributed by atoms with van der Waals surface area (Å²) in [6.07, 6.45) is 0. The lowest BCUT2D eigenvalue weighted by Gasteiger charge is -2.45. The lowest BCUT2D eigenvalue weighted by molar-refractivity contribution is 0.435. The van der Waals surface area contributed by atoms with Crippen LogP contribution in [0.25, 0.3) is 71.3 Å². The van der Waals surface area contributed by atoms with E-state index in [9.17, 15) is 0 Å². The molecule has 4 nitrogen and oxygen atoms in total. The second kappa shape index (κ2) is 12.8. The van der Waals surface area contributed by atoms with Gasteiger partial charge in [-0.2, -0.15) is 0 Å². The van der Waals surface area contributed by atoms with Gasteiger partial charge in [0.15, 0.2) is 0 Å². The van der Waals surface area contributed by atoms with Crippen LogP contribution in [0, 0.1) is 0 Å². The number of hydrogen-bond donors (Lipinski definition) is 0. The zero-order valence-corrected chi connectivity index (χ0v) is 34.0. The number of para-hydroxylation sites is 5. The van der Waals surface area contributed by atoms with E-state index in [0.717, 1.165) is 78.2 Å². The van der Waals surface area contributed by atoms with Gasteiger partial charge in [-0.15, -0.1) is 0 Å². The van der Waals surface area contributed by atoms with Crippen LogP contribution in [0.15, 0.2) is 223 Å². The number of aromatic nitrogens is 1. The first kappa shape index (κ1) is 34.4. The Bertz CT molecular complexity index is 3810. The Kier molecular flexibility index (Phi) is 7.01. The molecule has 1 aliphatic heterocycles. The van der Waals surface area contributed by atoms with Crippen molar-refractivity contribution < 1.29 is 9.15 Å². The lowest BCUT2D eigenvalue weighted by Crippen LogP contribution is -2.36. The highest BCUT2D eigenvalue weighted by Crippen LogP contribution is 2.62. The number of anilines is 3. The molecule has 12 aromatic rings. The maximum absolute atomic E-state index is 6.72. The van der Waals surface area contributed by atoms with E-state index < -0.39 is 5.41 Å². The van der Waals surface area contributed by atoms with Gasteiger partial charge in [-0.1, -0.05) is 140 Å². The smallest absolute Gasteiger partial charge is 0.137 e. The van der Waals surface area contributed by atoms with Crippen molar-refractivity contribution in [3.63, 3.8) is 0 Å². The van der Waals surface area contributed by atoms with Crippen LogP contribution in [0.2, 0.25) is 0 Å². The molecule has 0 N–H and O–H groups in total. The Hall–Kier alpha value is -8.34. The van der Waals surface area contributed by atoms with Crippen molar-refractivity contribution in [2.75, 3.05) is 4.90 Å². The summed E-state index contributed by atoms with van der Waals surface area (Å²) in [5.41, 5.74) is 15.0. The van der Waals surface area contributed by atoms with Gasteiger partial charge in [0.1, 0.15) is 22.7 Å². The van der Waals surface area contributed by atoms with Crippen molar-refractivity contribution >= 4 is 71.6 Å². The van der Waals surface area contributed by atoms with E-state index in [4.69, 9.17) is 9.15 Å². The van der Waals surface area contributed by atoms with Gasteiger partial charge in [0.05, 0.1) is 22.1 Å². The molecule has 0 fully saturated rings. The number of ether oxygens (including phenoxy) is 1. The van der Waals surface area contributed by atoms with E-state index in [1.165, 1.54) is 43.9 Å². The zero-order valence-electron chi connectivity index (χ0n) is 34.0. The second-order valence-corrected chi connectivity index (χ2v) is 16.8. The number of furan rings is 1. The fourth-order valence-electron chi connectivity index (χ4n) is 11.1. The van der Waals surface area contributed by atoms with Gasteiger partial charge in [-0.25, -0.2) is 0 Å². The van der Waals surface area contributed by atoms with Crippen LogP contribution in [0.1, 0.15) is 22.3 Å². The average Bonchev–Trinajstić information content (AvgIpc) is 3.89. The van der Waals surface area contributed by atoms with Crippen LogP contribution >= 0.6 is 0 Å². The second-order valence-electron chi connectivity index (χ2n) is 16.8. The highest BCUT2D eigenvalue weighted by atomic mass is 16.5. The molecule has 0 radical (unpaired) electrons. The Morgan fingerprint density at radius 2 is 1.00 bits per heavy atom. The molecular weight excluding hydrogens is 769 g/mol. The summed E-state index contributed by atoms with van der Waals surface area (Å²) >= 11 is 0. The van der Waals surface area contributed by atoms with Crippen molar-refractivity contribution in [2.45, 2.75) is 5.41 Å². The summed E-state index contributed by atoms with van der Waals surface area (Å²) in [5, 5.41) is 7.01. The van der Waals surface area contributed by atoms with Crippen molar-refractivity contribution in [1.29, 1.82) is 0 Å². The molecule has 0 amide bonds. The van der Waals surface area contributed by atoms with E-state index in [2.05, 4.69) is 222 Å². The molecule has 0 saturated heterocycles. The summed E-state index contributed by atoms with van der Waals surface area (Å²) in [6, 6.07) is 79.1. The fourth-order valence-corrected chi connectivity index (χ4v) is 11.1. The standard InChI is InChI=1S/C59H36N2O2/c1-2-15-37(16-3-1)61-51-25-10-5-18-41(51)46-35-38(30-33-53(46)61)60(39-29-31-43-42-19-6-11-26-54(42)62-57(43)36-39)52-34-32-44-40-17-4-7-21-47(40)59(50-24-14-20-45(52)58(44)50)48-22-8-12-27-55(48)63-56-28-13-9-23-49(56)59/h1-36H. The van der Waals surface area contributed by atoms with Crippen molar-refractivity contribution in [3.05, 3.63) is 241 Å². The first-order chi connectivity index (χ1) is 31.3. The van der Waals surface area contributed by atoms with E-state index in [0.29, 0.717) is 0 Å². The van der Waals surface area contributed by atoms with Crippen molar-refractivity contribution in [1.82, 2.24) is 4.57 Å². The van der Waals surface area contributed by atoms with E-state index in [1.54, 1.807) is 0 Å². The molecule has 0 saturated carbocycles.